The van der Waals surface area contributed by atoms with E-state index in [9.17, 15) is 0 Å². The lowest BCUT2D eigenvalue weighted by atomic mass is 9.82. The molecule has 2 nitrogen and oxygen atoms in total. The summed E-state index contributed by atoms with van der Waals surface area (Å²) < 4.78 is 12.1. The van der Waals surface area contributed by atoms with Crippen LogP contribution in [0, 0.1) is 5.41 Å². The van der Waals surface area contributed by atoms with Crippen LogP contribution in [-0.4, -0.2) is 23.3 Å². The third kappa shape index (κ3) is 2.11. The second kappa shape index (κ2) is 3.71. The first-order valence-corrected chi connectivity index (χ1v) is 6.63. The van der Waals surface area contributed by atoms with E-state index in [2.05, 4.69) is 36.7 Å². The molecule has 0 radical (unpaired) electrons. The number of hydrogen-bond donors (Lipinski definition) is 0. The van der Waals surface area contributed by atoms with E-state index < -0.39 is 0 Å². The molecule has 1 aliphatic carbocycles. The highest BCUT2D eigenvalue weighted by Gasteiger charge is 2.53. The molecule has 0 unspecified atom stereocenters. The Morgan fingerprint density at radius 2 is 1.47 bits per heavy atom. The Morgan fingerprint density at radius 3 is 2.00 bits per heavy atom. The Morgan fingerprint density at radius 1 is 0.933 bits per heavy atom. The highest BCUT2D eigenvalue weighted by molar-refractivity contribution is 9.10. The lowest BCUT2D eigenvalue weighted by Crippen LogP contribution is -2.59. The maximum Gasteiger partial charge on any atom is 0.183 e. The van der Waals surface area contributed by atoms with Gasteiger partial charge in [0.2, 0.25) is 0 Å². The number of rotatable bonds is 0. The third-order valence-electron chi connectivity index (χ3n) is 3.59. The molecule has 0 amide bonds. The summed E-state index contributed by atoms with van der Waals surface area (Å²) in [5, 5.41) is 0. The molecule has 0 aromatic heterocycles. The molecule has 2 fully saturated rings. The molecule has 1 aliphatic heterocycles. The predicted octanol–water partition coefficient (Wildman–Crippen LogP) is 3.48. The van der Waals surface area contributed by atoms with Gasteiger partial charge in [0.25, 0.3) is 0 Å². The molecule has 1 spiro atoms. The van der Waals surface area contributed by atoms with E-state index in [1.165, 1.54) is 12.8 Å². The molecule has 88 valence electrons. The average molecular weight is 277 g/mol. The Bertz CT molecular complexity index is 238. The zero-order chi connectivity index (χ0) is 11.2. The maximum absolute atomic E-state index is 6.07. The molecule has 0 aromatic rings. The van der Waals surface area contributed by atoms with Gasteiger partial charge in [0.05, 0.1) is 17.5 Å². The molecule has 0 N–H and O–H groups in total. The van der Waals surface area contributed by atoms with Crippen molar-refractivity contribution in [1.82, 2.24) is 0 Å². The number of hydrogen-bond acceptors (Lipinski definition) is 2. The van der Waals surface area contributed by atoms with Crippen LogP contribution >= 0.6 is 15.9 Å². The van der Waals surface area contributed by atoms with Crippen molar-refractivity contribution < 1.29 is 9.47 Å². The normalized spacial score (nSPS) is 39.2. The van der Waals surface area contributed by atoms with E-state index in [1.807, 2.05) is 0 Å². The van der Waals surface area contributed by atoms with Gasteiger partial charge in [0.15, 0.2) is 5.79 Å². The molecule has 1 atom stereocenters. The SMILES string of the molecule is CC1(C)COC2(CCCC[C@@]2(C)Br)OC1. The van der Waals surface area contributed by atoms with E-state index in [4.69, 9.17) is 9.47 Å². The van der Waals surface area contributed by atoms with Gasteiger partial charge in [-0.2, -0.15) is 0 Å². The van der Waals surface area contributed by atoms with E-state index in [1.54, 1.807) is 0 Å². The summed E-state index contributed by atoms with van der Waals surface area (Å²) in [4.78, 5) is 0. The fourth-order valence-electron chi connectivity index (χ4n) is 2.42. The third-order valence-corrected chi connectivity index (χ3v) is 4.59. The van der Waals surface area contributed by atoms with Crippen molar-refractivity contribution in [1.29, 1.82) is 0 Å². The van der Waals surface area contributed by atoms with Gasteiger partial charge in [-0.15, -0.1) is 0 Å². The Labute approximate surface area is 101 Å². The Hall–Kier alpha value is 0.400. The molecule has 1 saturated carbocycles. The summed E-state index contributed by atoms with van der Waals surface area (Å²) in [7, 11) is 0. The van der Waals surface area contributed by atoms with Crippen molar-refractivity contribution in [2.24, 2.45) is 5.41 Å². The molecule has 2 aliphatic rings. The van der Waals surface area contributed by atoms with Crippen LogP contribution in [0.4, 0.5) is 0 Å². The highest BCUT2D eigenvalue weighted by atomic mass is 79.9. The van der Waals surface area contributed by atoms with Crippen molar-refractivity contribution >= 4 is 15.9 Å². The van der Waals surface area contributed by atoms with Crippen LogP contribution in [0.5, 0.6) is 0 Å². The minimum atomic E-state index is -0.374. The molecular weight excluding hydrogens is 256 g/mol. The smallest absolute Gasteiger partial charge is 0.183 e. The monoisotopic (exact) mass is 276 g/mol. The van der Waals surface area contributed by atoms with Crippen LogP contribution in [0.3, 0.4) is 0 Å². The highest BCUT2D eigenvalue weighted by Crippen LogP contribution is 2.49. The molecule has 15 heavy (non-hydrogen) atoms. The summed E-state index contributed by atoms with van der Waals surface area (Å²) in [5.74, 6) is -0.374. The quantitative estimate of drug-likeness (QED) is 0.631. The van der Waals surface area contributed by atoms with Gasteiger partial charge in [0, 0.05) is 11.8 Å². The second-order valence-corrected chi connectivity index (χ2v) is 7.65. The lowest BCUT2D eigenvalue weighted by molar-refractivity contribution is -0.319. The van der Waals surface area contributed by atoms with Crippen molar-refractivity contribution in [3.63, 3.8) is 0 Å². The molecule has 0 aromatic carbocycles. The largest absolute Gasteiger partial charge is 0.348 e. The topological polar surface area (TPSA) is 18.5 Å². The molecular formula is C12H21BrO2. The van der Waals surface area contributed by atoms with Gasteiger partial charge in [-0.05, 0) is 19.8 Å². The molecule has 0 bridgehead atoms. The van der Waals surface area contributed by atoms with Gasteiger partial charge < -0.3 is 9.47 Å². The first-order valence-electron chi connectivity index (χ1n) is 5.84. The Kier molecular flexibility index (Phi) is 2.94. The van der Waals surface area contributed by atoms with Gasteiger partial charge in [0.1, 0.15) is 0 Å². The van der Waals surface area contributed by atoms with Crippen molar-refractivity contribution in [2.45, 2.75) is 56.6 Å². The van der Waals surface area contributed by atoms with Gasteiger partial charge >= 0.3 is 0 Å². The fourth-order valence-corrected chi connectivity index (χ4v) is 3.13. The number of alkyl halides is 1. The van der Waals surface area contributed by atoms with Gasteiger partial charge in [-0.1, -0.05) is 36.2 Å². The van der Waals surface area contributed by atoms with E-state index in [-0.39, 0.29) is 15.5 Å². The lowest BCUT2D eigenvalue weighted by Gasteiger charge is -2.52. The summed E-state index contributed by atoms with van der Waals surface area (Å²) in [6.07, 6.45) is 4.62. The summed E-state index contributed by atoms with van der Waals surface area (Å²) in [6.45, 7) is 8.18. The van der Waals surface area contributed by atoms with Gasteiger partial charge in [-0.3, -0.25) is 0 Å². The van der Waals surface area contributed by atoms with E-state index >= 15 is 0 Å². The van der Waals surface area contributed by atoms with Crippen molar-refractivity contribution in [2.75, 3.05) is 13.2 Å². The van der Waals surface area contributed by atoms with Crippen LogP contribution in [0.25, 0.3) is 0 Å². The first kappa shape index (κ1) is 11.9. The summed E-state index contributed by atoms with van der Waals surface area (Å²) in [5.41, 5.74) is 0.159. The van der Waals surface area contributed by atoms with Crippen LogP contribution in [0.2, 0.25) is 0 Å². The minimum Gasteiger partial charge on any atom is -0.348 e. The number of ether oxygens (including phenoxy) is 2. The van der Waals surface area contributed by atoms with Crippen LogP contribution in [-0.2, 0) is 9.47 Å². The maximum atomic E-state index is 6.07. The fraction of sp³-hybridized carbons (Fsp3) is 1.00. The van der Waals surface area contributed by atoms with Crippen LogP contribution in [0.15, 0.2) is 0 Å². The molecule has 3 heteroatoms. The summed E-state index contributed by atoms with van der Waals surface area (Å²) >= 11 is 3.80. The first-order chi connectivity index (χ1) is 6.87. The second-order valence-electron chi connectivity index (χ2n) is 5.90. The number of halogens is 1. The molecule has 2 rings (SSSR count). The average Bonchev–Trinajstić information content (AvgIpc) is 2.14. The molecule has 1 heterocycles. The van der Waals surface area contributed by atoms with Crippen LogP contribution in [0.1, 0.15) is 46.5 Å². The zero-order valence-electron chi connectivity index (χ0n) is 9.94. The van der Waals surface area contributed by atoms with E-state index in [0.29, 0.717) is 0 Å². The standard InChI is InChI=1S/C12H21BrO2/c1-10(2)8-14-12(15-9-10)7-5-4-6-11(12,3)13/h4-9H2,1-3H3/t11-/m1/s1. The summed E-state index contributed by atoms with van der Waals surface area (Å²) in [6, 6.07) is 0. The van der Waals surface area contributed by atoms with Crippen molar-refractivity contribution in [3.05, 3.63) is 0 Å². The molecule has 1 saturated heterocycles. The Balaban J connectivity index is 2.13. The minimum absolute atomic E-state index is 0.0191. The van der Waals surface area contributed by atoms with Crippen molar-refractivity contribution in [3.8, 4) is 0 Å². The van der Waals surface area contributed by atoms with Crippen LogP contribution < -0.4 is 0 Å². The predicted molar refractivity (Wildman–Crippen MR) is 64.2 cm³/mol. The zero-order valence-corrected chi connectivity index (χ0v) is 11.5. The van der Waals surface area contributed by atoms with Gasteiger partial charge in [-0.25, -0.2) is 0 Å². The van der Waals surface area contributed by atoms with E-state index in [0.717, 1.165) is 26.1 Å².